The van der Waals surface area contributed by atoms with Gasteiger partial charge in [-0.25, -0.2) is 4.98 Å². The van der Waals surface area contributed by atoms with Crippen molar-refractivity contribution in [3.8, 4) is 0 Å². The SMILES string of the molecule is NC(=O)C(NC(=O)c1ccc(N2CCCCCC2)nc1)c1cccc(Br)c1. The fourth-order valence-corrected chi connectivity index (χ4v) is 3.64. The first-order valence-corrected chi connectivity index (χ1v) is 9.90. The van der Waals surface area contributed by atoms with Gasteiger partial charge in [-0.15, -0.1) is 0 Å². The van der Waals surface area contributed by atoms with Gasteiger partial charge in [-0.1, -0.05) is 40.9 Å². The van der Waals surface area contributed by atoms with Crippen molar-refractivity contribution in [2.75, 3.05) is 18.0 Å². The van der Waals surface area contributed by atoms with Crippen molar-refractivity contribution in [3.05, 3.63) is 58.2 Å². The minimum Gasteiger partial charge on any atom is -0.368 e. The molecule has 0 spiro atoms. The first-order valence-electron chi connectivity index (χ1n) is 9.11. The van der Waals surface area contributed by atoms with E-state index in [4.69, 9.17) is 5.73 Å². The molecular weight excluding hydrogens is 408 g/mol. The van der Waals surface area contributed by atoms with E-state index in [1.54, 1.807) is 30.5 Å². The summed E-state index contributed by atoms with van der Waals surface area (Å²) in [6.07, 6.45) is 6.38. The number of nitrogens with two attached hydrogens (primary N) is 1. The van der Waals surface area contributed by atoms with E-state index in [9.17, 15) is 9.59 Å². The second-order valence-electron chi connectivity index (χ2n) is 6.67. The maximum atomic E-state index is 12.6. The molecule has 1 aromatic heterocycles. The molecule has 7 heteroatoms. The topological polar surface area (TPSA) is 88.3 Å². The Morgan fingerprint density at radius 1 is 1.11 bits per heavy atom. The minimum atomic E-state index is -0.903. The highest BCUT2D eigenvalue weighted by Crippen LogP contribution is 2.20. The molecule has 0 aliphatic carbocycles. The maximum Gasteiger partial charge on any atom is 0.253 e. The average molecular weight is 431 g/mol. The number of carbonyl (C=O) groups excluding carboxylic acids is 2. The standard InChI is InChI=1S/C20H23BrN4O2/c21-16-7-5-6-14(12-16)18(19(22)26)24-20(27)15-8-9-17(23-13-15)25-10-3-1-2-4-11-25/h5-9,12-13,18H,1-4,10-11H2,(H2,22,26)(H,24,27). The van der Waals surface area contributed by atoms with Gasteiger partial charge in [0.1, 0.15) is 11.9 Å². The second kappa shape index (κ2) is 8.99. The van der Waals surface area contributed by atoms with E-state index in [2.05, 4.69) is 31.1 Å². The van der Waals surface area contributed by atoms with Crippen LogP contribution in [0.15, 0.2) is 47.1 Å². The van der Waals surface area contributed by atoms with Gasteiger partial charge >= 0.3 is 0 Å². The monoisotopic (exact) mass is 430 g/mol. The number of aromatic nitrogens is 1. The van der Waals surface area contributed by atoms with Gasteiger partial charge < -0.3 is 16.0 Å². The summed E-state index contributed by atoms with van der Waals surface area (Å²) in [4.78, 5) is 31.1. The summed E-state index contributed by atoms with van der Waals surface area (Å²) >= 11 is 3.36. The van der Waals surface area contributed by atoms with E-state index in [1.165, 1.54) is 12.8 Å². The zero-order chi connectivity index (χ0) is 19.2. The zero-order valence-corrected chi connectivity index (χ0v) is 16.6. The number of primary amides is 1. The molecular formula is C20H23BrN4O2. The number of hydrogen-bond acceptors (Lipinski definition) is 4. The highest BCUT2D eigenvalue weighted by atomic mass is 79.9. The van der Waals surface area contributed by atoms with Gasteiger partial charge in [0.2, 0.25) is 5.91 Å². The number of benzene rings is 1. The molecule has 0 radical (unpaired) electrons. The summed E-state index contributed by atoms with van der Waals surface area (Å²) in [5.41, 5.74) is 6.51. The molecule has 1 aliphatic heterocycles. The van der Waals surface area contributed by atoms with Crippen LogP contribution in [0.25, 0.3) is 0 Å². The Morgan fingerprint density at radius 2 is 1.85 bits per heavy atom. The van der Waals surface area contributed by atoms with Crippen molar-refractivity contribution >= 4 is 33.6 Å². The number of rotatable bonds is 5. The van der Waals surface area contributed by atoms with E-state index in [1.807, 2.05) is 12.1 Å². The van der Waals surface area contributed by atoms with Gasteiger partial charge in [0.05, 0.1) is 5.56 Å². The van der Waals surface area contributed by atoms with Crippen LogP contribution in [0, 0.1) is 0 Å². The lowest BCUT2D eigenvalue weighted by atomic mass is 10.1. The van der Waals surface area contributed by atoms with Crippen LogP contribution in [-0.4, -0.2) is 29.9 Å². The summed E-state index contributed by atoms with van der Waals surface area (Å²) in [6.45, 7) is 1.98. The van der Waals surface area contributed by atoms with Gasteiger partial charge in [-0.3, -0.25) is 9.59 Å². The number of anilines is 1. The van der Waals surface area contributed by atoms with Crippen LogP contribution < -0.4 is 16.0 Å². The maximum absolute atomic E-state index is 12.6. The summed E-state index contributed by atoms with van der Waals surface area (Å²) in [5, 5.41) is 2.70. The van der Waals surface area contributed by atoms with Crippen LogP contribution in [0.1, 0.15) is 47.6 Å². The zero-order valence-electron chi connectivity index (χ0n) is 15.0. The van der Waals surface area contributed by atoms with Gasteiger partial charge in [0, 0.05) is 23.8 Å². The molecule has 2 amide bonds. The molecule has 0 bridgehead atoms. The van der Waals surface area contributed by atoms with Gasteiger partial charge in [0.15, 0.2) is 0 Å². The van der Waals surface area contributed by atoms with E-state index >= 15 is 0 Å². The summed E-state index contributed by atoms with van der Waals surface area (Å²) in [6, 6.07) is 9.84. The second-order valence-corrected chi connectivity index (χ2v) is 7.59. The van der Waals surface area contributed by atoms with Crippen LogP contribution in [0.5, 0.6) is 0 Å². The Balaban J connectivity index is 1.71. The van der Waals surface area contributed by atoms with E-state index in [0.29, 0.717) is 11.1 Å². The van der Waals surface area contributed by atoms with Crippen molar-refractivity contribution in [1.82, 2.24) is 10.3 Å². The lowest BCUT2D eigenvalue weighted by molar-refractivity contribution is -0.120. The summed E-state index contributed by atoms with van der Waals surface area (Å²) < 4.78 is 0.809. The molecule has 3 N–H and O–H groups in total. The molecule has 3 rings (SSSR count). The van der Waals surface area contributed by atoms with Crippen molar-refractivity contribution in [3.63, 3.8) is 0 Å². The number of nitrogens with one attached hydrogen (secondary N) is 1. The normalized spacial score (nSPS) is 15.7. The molecule has 6 nitrogen and oxygen atoms in total. The molecule has 1 fully saturated rings. The smallest absolute Gasteiger partial charge is 0.253 e. The molecule has 142 valence electrons. The Kier molecular flexibility index (Phi) is 6.45. The summed E-state index contributed by atoms with van der Waals surface area (Å²) in [7, 11) is 0. The predicted octanol–water partition coefficient (Wildman–Crippen LogP) is 3.18. The molecule has 1 saturated heterocycles. The quantitative estimate of drug-likeness (QED) is 0.761. The molecule has 0 saturated carbocycles. The number of carbonyl (C=O) groups is 2. The molecule has 1 aromatic carbocycles. The van der Waals surface area contributed by atoms with Crippen LogP contribution >= 0.6 is 15.9 Å². The Morgan fingerprint density at radius 3 is 2.44 bits per heavy atom. The molecule has 1 atom stereocenters. The highest BCUT2D eigenvalue weighted by molar-refractivity contribution is 9.10. The first-order chi connectivity index (χ1) is 13.0. The lowest BCUT2D eigenvalue weighted by Crippen LogP contribution is -2.37. The van der Waals surface area contributed by atoms with E-state index < -0.39 is 11.9 Å². The molecule has 2 heterocycles. The lowest BCUT2D eigenvalue weighted by Gasteiger charge is -2.21. The number of amides is 2. The number of halogens is 1. The van der Waals surface area contributed by atoms with Crippen molar-refractivity contribution in [1.29, 1.82) is 0 Å². The Hall–Kier alpha value is -2.41. The highest BCUT2D eigenvalue weighted by Gasteiger charge is 2.21. The minimum absolute atomic E-state index is 0.381. The molecule has 2 aromatic rings. The van der Waals surface area contributed by atoms with Crippen LogP contribution in [-0.2, 0) is 4.79 Å². The Labute approximate surface area is 167 Å². The van der Waals surface area contributed by atoms with Crippen LogP contribution in [0.4, 0.5) is 5.82 Å². The molecule has 27 heavy (non-hydrogen) atoms. The first kappa shape index (κ1) is 19.4. The van der Waals surface area contributed by atoms with Crippen molar-refractivity contribution in [2.24, 2.45) is 5.73 Å². The predicted molar refractivity (Wildman–Crippen MR) is 108 cm³/mol. The fraction of sp³-hybridized carbons (Fsp3) is 0.350. The molecule has 1 unspecified atom stereocenters. The van der Waals surface area contributed by atoms with E-state index in [-0.39, 0.29) is 5.91 Å². The Bertz CT molecular complexity index is 802. The summed E-state index contributed by atoms with van der Waals surface area (Å²) in [5.74, 6) is -0.115. The number of hydrogen-bond donors (Lipinski definition) is 2. The number of nitrogens with zero attached hydrogens (tertiary/aromatic N) is 2. The molecule has 1 aliphatic rings. The number of pyridine rings is 1. The third kappa shape index (κ3) is 5.07. The average Bonchev–Trinajstić information content (AvgIpc) is 2.95. The fourth-order valence-electron chi connectivity index (χ4n) is 3.23. The third-order valence-corrected chi connectivity index (χ3v) is 5.18. The van der Waals surface area contributed by atoms with Crippen LogP contribution in [0.2, 0.25) is 0 Å². The van der Waals surface area contributed by atoms with Gasteiger partial charge in [-0.2, -0.15) is 0 Å². The van der Waals surface area contributed by atoms with E-state index in [0.717, 1.165) is 36.2 Å². The van der Waals surface area contributed by atoms with Gasteiger partial charge in [0.25, 0.3) is 5.91 Å². The third-order valence-electron chi connectivity index (χ3n) is 4.68. The van der Waals surface area contributed by atoms with Crippen molar-refractivity contribution in [2.45, 2.75) is 31.7 Å². The van der Waals surface area contributed by atoms with Crippen LogP contribution in [0.3, 0.4) is 0 Å². The van der Waals surface area contributed by atoms with Crippen molar-refractivity contribution < 1.29 is 9.59 Å². The van der Waals surface area contributed by atoms with Gasteiger partial charge in [-0.05, 0) is 42.7 Å². The largest absolute Gasteiger partial charge is 0.368 e.